The number of hydrogen-bond acceptors (Lipinski definition) is 3. The fourth-order valence-corrected chi connectivity index (χ4v) is 7.69. The van der Waals surface area contributed by atoms with Gasteiger partial charge < -0.3 is 14.0 Å². The SMILES string of the molecule is C=C([SiH2][SiH](OC(C)C)OC(C)C)C(=O)O. The fourth-order valence-electron chi connectivity index (χ4n) is 1.02. The minimum absolute atomic E-state index is 0.0921. The van der Waals surface area contributed by atoms with E-state index in [1.54, 1.807) is 0 Å². The summed E-state index contributed by atoms with van der Waals surface area (Å²) in [7, 11) is -2.79. The van der Waals surface area contributed by atoms with Gasteiger partial charge in [-0.05, 0) is 27.7 Å². The summed E-state index contributed by atoms with van der Waals surface area (Å²) in [4.78, 5) is 10.7. The lowest BCUT2D eigenvalue weighted by atomic mass is 10.5. The van der Waals surface area contributed by atoms with Crippen LogP contribution in [0.15, 0.2) is 11.8 Å². The van der Waals surface area contributed by atoms with Crippen molar-refractivity contribution in [3.63, 3.8) is 0 Å². The van der Waals surface area contributed by atoms with Crippen molar-refractivity contribution >= 4 is 23.8 Å². The summed E-state index contributed by atoms with van der Waals surface area (Å²) in [6.45, 7) is 11.3. The molecular formula is C9H20O4Si2. The first-order valence-electron chi connectivity index (χ1n) is 5.05. The van der Waals surface area contributed by atoms with Crippen LogP contribution in [0.1, 0.15) is 27.7 Å². The normalized spacial score (nSPS) is 12.2. The molecule has 0 atom stereocenters. The number of aliphatic carboxylic acids is 1. The Labute approximate surface area is 94.7 Å². The summed E-state index contributed by atoms with van der Waals surface area (Å²) in [5.74, 6) is -0.918. The van der Waals surface area contributed by atoms with Gasteiger partial charge in [0.2, 0.25) is 0 Å². The Bertz CT molecular complexity index is 218. The molecule has 0 spiro atoms. The molecule has 0 radical (unpaired) electrons. The molecule has 4 nitrogen and oxygen atoms in total. The van der Waals surface area contributed by atoms with Gasteiger partial charge in [0.25, 0.3) is 8.80 Å². The van der Waals surface area contributed by atoms with E-state index in [2.05, 4.69) is 6.58 Å². The lowest BCUT2D eigenvalue weighted by Crippen LogP contribution is -2.37. The highest BCUT2D eigenvalue weighted by Gasteiger charge is 2.21. The lowest BCUT2D eigenvalue weighted by Gasteiger charge is -2.21. The van der Waals surface area contributed by atoms with E-state index in [9.17, 15) is 4.79 Å². The molecule has 0 aromatic carbocycles. The highest BCUT2D eigenvalue weighted by Crippen LogP contribution is 2.02. The van der Waals surface area contributed by atoms with Crippen molar-refractivity contribution in [2.45, 2.75) is 39.9 Å². The van der Waals surface area contributed by atoms with Crippen LogP contribution in [0.4, 0.5) is 0 Å². The van der Waals surface area contributed by atoms with Crippen LogP contribution in [0, 0.1) is 0 Å². The molecule has 0 heterocycles. The fraction of sp³-hybridized carbons (Fsp3) is 0.667. The lowest BCUT2D eigenvalue weighted by molar-refractivity contribution is -0.131. The molecule has 88 valence electrons. The molecule has 6 heteroatoms. The Morgan fingerprint density at radius 2 is 1.67 bits per heavy atom. The molecule has 0 fully saturated rings. The van der Waals surface area contributed by atoms with Gasteiger partial charge in [-0.1, -0.05) is 6.58 Å². The largest absolute Gasteiger partial charge is 0.478 e. The molecule has 0 unspecified atom stereocenters. The summed E-state index contributed by atoms with van der Waals surface area (Å²) < 4.78 is 11.3. The quantitative estimate of drug-likeness (QED) is 0.521. The van der Waals surface area contributed by atoms with Gasteiger partial charge in [0, 0.05) is 17.4 Å². The first-order chi connectivity index (χ1) is 6.82. The van der Waals surface area contributed by atoms with E-state index in [0.29, 0.717) is 5.20 Å². The number of carboxylic acid groups (broad SMARTS) is 1. The summed E-state index contributed by atoms with van der Waals surface area (Å²) in [5.41, 5.74) is 0. The second kappa shape index (κ2) is 6.94. The maximum absolute atomic E-state index is 10.7. The first kappa shape index (κ1) is 14.6. The highest BCUT2D eigenvalue weighted by atomic mass is 29.2. The maximum Gasteiger partial charge on any atom is 0.326 e. The van der Waals surface area contributed by atoms with Crippen molar-refractivity contribution in [2.75, 3.05) is 0 Å². The smallest absolute Gasteiger partial charge is 0.326 e. The second-order valence-electron chi connectivity index (χ2n) is 3.91. The number of carboxylic acids is 1. The molecule has 0 aromatic heterocycles. The Balaban J connectivity index is 4.23. The second-order valence-corrected chi connectivity index (χ2v) is 9.80. The zero-order valence-corrected chi connectivity index (χ0v) is 12.4. The number of rotatable bonds is 7. The zero-order valence-electron chi connectivity index (χ0n) is 9.82. The van der Waals surface area contributed by atoms with Crippen LogP contribution in [0.5, 0.6) is 0 Å². The van der Waals surface area contributed by atoms with E-state index in [1.807, 2.05) is 27.7 Å². The van der Waals surface area contributed by atoms with Crippen molar-refractivity contribution in [1.29, 1.82) is 0 Å². The third-order valence-corrected chi connectivity index (χ3v) is 8.02. The molecule has 0 bridgehead atoms. The molecule has 0 amide bonds. The van der Waals surface area contributed by atoms with Gasteiger partial charge in [0.15, 0.2) is 0 Å². The van der Waals surface area contributed by atoms with Gasteiger partial charge in [0.05, 0.1) is 0 Å². The maximum atomic E-state index is 10.7. The van der Waals surface area contributed by atoms with Crippen molar-refractivity contribution in [3.05, 3.63) is 11.8 Å². The first-order valence-corrected chi connectivity index (χ1v) is 9.96. The number of carbonyl (C=O) groups is 1. The van der Waals surface area contributed by atoms with Crippen LogP contribution in [-0.2, 0) is 13.6 Å². The highest BCUT2D eigenvalue weighted by molar-refractivity contribution is 7.10. The van der Waals surface area contributed by atoms with Gasteiger partial charge in [-0.2, -0.15) is 0 Å². The average Bonchev–Trinajstić information content (AvgIpc) is 2.00. The van der Waals surface area contributed by atoms with Gasteiger partial charge >= 0.3 is 5.97 Å². The minimum atomic E-state index is -1.80. The monoisotopic (exact) mass is 248 g/mol. The van der Waals surface area contributed by atoms with E-state index in [-0.39, 0.29) is 12.2 Å². The van der Waals surface area contributed by atoms with E-state index in [0.717, 1.165) is 0 Å². The standard InChI is InChI=1S/C9H20O4Si2/c1-6(2)12-15(13-7(3)4)14-8(5)9(10)11/h6-7,15H,5,14H2,1-4H3,(H,10,11). The number of hydrogen-bond donors (Lipinski definition) is 1. The van der Waals surface area contributed by atoms with E-state index in [1.165, 1.54) is 0 Å². The van der Waals surface area contributed by atoms with Crippen molar-refractivity contribution in [2.24, 2.45) is 0 Å². The Kier molecular flexibility index (Phi) is 6.74. The molecule has 1 N–H and O–H groups in total. The molecule has 0 aliphatic carbocycles. The topological polar surface area (TPSA) is 55.8 Å². The molecule has 0 aromatic rings. The third-order valence-electron chi connectivity index (χ3n) is 1.56. The van der Waals surface area contributed by atoms with E-state index < -0.39 is 23.8 Å². The molecule has 0 rings (SSSR count). The van der Waals surface area contributed by atoms with E-state index in [4.69, 9.17) is 14.0 Å². The van der Waals surface area contributed by atoms with Crippen molar-refractivity contribution in [3.8, 4) is 0 Å². The van der Waals surface area contributed by atoms with E-state index >= 15 is 0 Å². The average molecular weight is 248 g/mol. The minimum Gasteiger partial charge on any atom is -0.478 e. The van der Waals surface area contributed by atoms with Crippen molar-refractivity contribution < 1.29 is 18.8 Å². The Morgan fingerprint density at radius 3 is 1.93 bits per heavy atom. The molecule has 0 saturated heterocycles. The Hall–Kier alpha value is -0.436. The van der Waals surface area contributed by atoms with Crippen LogP contribution in [0.3, 0.4) is 0 Å². The van der Waals surface area contributed by atoms with Crippen LogP contribution in [0.25, 0.3) is 0 Å². The van der Waals surface area contributed by atoms with Gasteiger partial charge in [0.1, 0.15) is 9.04 Å². The summed E-state index contributed by atoms with van der Waals surface area (Å²) in [5, 5.41) is 9.04. The van der Waals surface area contributed by atoms with Crippen LogP contribution in [0.2, 0.25) is 0 Å². The summed E-state index contributed by atoms with van der Waals surface area (Å²) in [6, 6.07) is 0. The van der Waals surface area contributed by atoms with Crippen LogP contribution < -0.4 is 0 Å². The summed E-state index contributed by atoms with van der Waals surface area (Å²) in [6.07, 6.45) is 0.184. The summed E-state index contributed by atoms with van der Waals surface area (Å²) >= 11 is 0. The van der Waals surface area contributed by atoms with Crippen LogP contribution >= 0.6 is 0 Å². The zero-order chi connectivity index (χ0) is 12.0. The third kappa shape index (κ3) is 7.49. The predicted octanol–water partition coefficient (Wildman–Crippen LogP) is 0.321. The predicted molar refractivity (Wildman–Crippen MR) is 64.9 cm³/mol. The molecule has 0 aliphatic heterocycles. The van der Waals surface area contributed by atoms with Gasteiger partial charge in [-0.15, -0.1) is 0 Å². The molecule has 0 aliphatic rings. The Morgan fingerprint density at radius 1 is 1.27 bits per heavy atom. The van der Waals surface area contributed by atoms with Gasteiger partial charge in [-0.25, -0.2) is 4.79 Å². The van der Waals surface area contributed by atoms with Crippen molar-refractivity contribution in [1.82, 2.24) is 0 Å². The van der Waals surface area contributed by atoms with Gasteiger partial charge in [-0.3, -0.25) is 0 Å². The van der Waals surface area contributed by atoms with Crippen LogP contribution in [-0.4, -0.2) is 41.1 Å². The molecular weight excluding hydrogens is 228 g/mol. The molecule has 15 heavy (non-hydrogen) atoms. The molecule has 0 saturated carbocycles.